The van der Waals surface area contributed by atoms with Crippen LogP contribution in [0, 0.1) is 41.4 Å². The van der Waals surface area contributed by atoms with Crippen molar-refractivity contribution in [1.29, 1.82) is 0 Å². The van der Waals surface area contributed by atoms with Gasteiger partial charge in [0.1, 0.15) is 0 Å². The minimum atomic E-state index is 0.627. The third-order valence-corrected chi connectivity index (χ3v) is 7.00. The lowest BCUT2D eigenvalue weighted by atomic mass is 9.68. The molecule has 8 atom stereocenters. The lowest BCUT2D eigenvalue weighted by molar-refractivity contribution is 0.0598. The van der Waals surface area contributed by atoms with Gasteiger partial charge in [0, 0.05) is 6.61 Å². The zero-order valence-electron chi connectivity index (χ0n) is 11.1. The molecule has 4 fully saturated rings. The Balaban J connectivity index is 1.36. The highest BCUT2D eigenvalue weighted by Crippen LogP contribution is 2.67. The molecule has 18 heavy (non-hydrogen) atoms. The number of fused-ring (bicyclic) bond motifs is 9. The molecule has 0 aromatic rings. The highest BCUT2D eigenvalue weighted by atomic mass is 16.5. The highest BCUT2D eigenvalue weighted by molar-refractivity contribution is 5.20. The van der Waals surface area contributed by atoms with Gasteiger partial charge in [-0.05, 0) is 80.0 Å². The molecule has 1 aliphatic heterocycles. The summed E-state index contributed by atoms with van der Waals surface area (Å²) in [5, 5.41) is 0. The molecule has 8 unspecified atom stereocenters. The molecule has 0 amide bonds. The standard InChI is InChI=1S/C17H24O/c1-2-14(18-5-1)8-12-7-13-9-15(12)17-11-4-3-10(6-11)16(13)17/h3-4,10-17H,1-2,5-9H2. The molecule has 0 aromatic carbocycles. The minimum Gasteiger partial charge on any atom is -0.378 e. The van der Waals surface area contributed by atoms with E-state index in [9.17, 15) is 0 Å². The first-order chi connectivity index (χ1) is 8.90. The van der Waals surface area contributed by atoms with Crippen molar-refractivity contribution >= 4 is 0 Å². The van der Waals surface area contributed by atoms with Crippen LogP contribution in [-0.2, 0) is 4.74 Å². The molecule has 1 heteroatoms. The molecule has 0 aromatic heterocycles. The van der Waals surface area contributed by atoms with Gasteiger partial charge >= 0.3 is 0 Å². The number of rotatable bonds is 2. The van der Waals surface area contributed by atoms with Crippen molar-refractivity contribution in [2.45, 2.75) is 44.6 Å². The van der Waals surface area contributed by atoms with Crippen molar-refractivity contribution in [2.24, 2.45) is 41.4 Å². The van der Waals surface area contributed by atoms with Gasteiger partial charge < -0.3 is 4.74 Å². The summed E-state index contributed by atoms with van der Waals surface area (Å²) in [7, 11) is 0. The van der Waals surface area contributed by atoms with Crippen molar-refractivity contribution in [3.8, 4) is 0 Å². The van der Waals surface area contributed by atoms with E-state index in [2.05, 4.69) is 12.2 Å². The second-order valence-electron chi connectivity index (χ2n) is 7.63. The highest BCUT2D eigenvalue weighted by Gasteiger charge is 2.60. The third kappa shape index (κ3) is 1.27. The SMILES string of the molecule is C1=CC2CC1C1C3CC(CC4CCCO4)C(C3)C21. The average molecular weight is 244 g/mol. The van der Waals surface area contributed by atoms with Crippen LogP contribution in [0.5, 0.6) is 0 Å². The number of hydrogen-bond acceptors (Lipinski definition) is 1. The minimum absolute atomic E-state index is 0.627. The first kappa shape index (κ1) is 10.5. The van der Waals surface area contributed by atoms with Gasteiger partial charge in [0.15, 0.2) is 0 Å². The van der Waals surface area contributed by atoms with Crippen LogP contribution >= 0.6 is 0 Å². The van der Waals surface area contributed by atoms with E-state index in [1.807, 2.05) is 0 Å². The summed E-state index contributed by atoms with van der Waals surface area (Å²) in [6.07, 6.45) is 14.4. The predicted molar refractivity (Wildman–Crippen MR) is 71.0 cm³/mol. The summed E-state index contributed by atoms with van der Waals surface area (Å²) in [6.45, 7) is 1.03. The van der Waals surface area contributed by atoms with E-state index in [-0.39, 0.29) is 0 Å². The number of hydrogen-bond donors (Lipinski definition) is 0. The molecule has 0 N–H and O–H groups in total. The average Bonchev–Trinajstić information content (AvgIpc) is 3.16. The van der Waals surface area contributed by atoms with Crippen LogP contribution in [0.15, 0.2) is 12.2 Å². The van der Waals surface area contributed by atoms with E-state index in [1.54, 1.807) is 12.8 Å². The van der Waals surface area contributed by atoms with E-state index < -0.39 is 0 Å². The normalized spacial score (nSPS) is 59.8. The molecule has 5 aliphatic rings. The van der Waals surface area contributed by atoms with Gasteiger partial charge in [-0.3, -0.25) is 0 Å². The van der Waals surface area contributed by atoms with Crippen molar-refractivity contribution in [1.82, 2.24) is 0 Å². The Labute approximate surface area is 110 Å². The molecule has 4 aliphatic carbocycles. The molecule has 0 radical (unpaired) electrons. The molecule has 4 bridgehead atoms. The van der Waals surface area contributed by atoms with Gasteiger partial charge in [0.25, 0.3) is 0 Å². The summed E-state index contributed by atoms with van der Waals surface area (Å²) in [5.74, 6) is 7.33. The molecular weight excluding hydrogens is 220 g/mol. The summed E-state index contributed by atoms with van der Waals surface area (Å²) in [5.41, 5.74) is 0. The molecule has 0 spiro atoms. The molecule has 98 valence electrons. The lowest BCUT2D eigenvalue weighted by Gasteiger charge is -2.37. The Kier molecular flexibility index (Phi) is 2.11. The summed E-state index contributed by atoms with van der Waals surface area (Å²) in [4.78, 5) is 0. The summed E-state index contributed by atoms with van der Waals surface area (Å²) < 4.78 is 5.88. The smallest absolute Gasteiger partial charge is 0.0578 e. The summed E-state index contributed by atoms with van der Waals surface area (Å²) in [6, 6.07) is 0. The van der Waals surface area contributed by atoms with E-state index in [4.69, 9.17) is 4.74 Å². The molecule has 1 nitrogen and oxygen atoms in total. The number of ether oxygens (including phenoxy) is 1. The zero-order valence-corrected chi connectivity index (χ0v) is 11.1. The monoisotopic (exact) mass is 244 g/mol. The second-order valence-corrected chi connectivity index (χ2v) is 7.63. The topological polar surface area (TPSA) is 9.23 Å². The van der Waals surface area contributed by atoms with Gasteiger partial charge in [-0.25, -0.2) is 0 Å². The fraction of sp³-hybridized carbons (Fsp3) is 0.882. The maximum atomic E-state index is 5.88. The fourth-order valence-corrected chi connectivity index (χ4v) is 6.59. The maximum absolute atomic E-state index is 5.88. The van der Waals surface area contributed by atoms with Crippen LogP contribution < -0.4 is 0 Å². The van der Waals surface area contributed by atoms with Crippen LogP contribution in [-0.4, -0.2) is 12.7 Å². The molecule has 5 rings (SSSR count). The van der Waals surface area contributed by atoms with Gasteiger partial charge in [-0.15, -0.1) is 0 Å². The van der Waals surface area contributed by atoms with E-state index in [0.29, 0.717) is 6.10 Å². The van der Waals surface area contributed by atoms with E-state index >= 15 is 0 Å². The van der Waals surface area contributed by atoms with Crippen LogP contribution in [0.3, 0.4) is 0 Å². The van der Waals surface area contributed by atoms with E-state index in [1.165, 1.54) is 25.7 Å². The zero-order chi connectivity index (χ0) is 11.7. The van der Waals surface area contributed by atoms with Crippen molar-refractivity contribution in [3.63, 3.8) is 0 Å². The Morgan fingerprint density at radius 1 is 1.00 bits per heavy atom. The van der Waals surface area contributed by atoms with Gasteiger partial charge in [0.05, 0.1) is 6.10 Å². The van der Waals surface area contributed by atoms with Crippen LogP contribution in [0.4, 0.5) is 0 Å². The van der Waals surface area contributed by atoms with E-state index in [0.717, 1.165) is 48.0 Å². The first-order valence-electron chi connectivity index (χ1n) is 8.20. The first-order valence-corrected chi connectivity index (χ1v) is 8.20. The molecule has 3 saturated carbocycles. The van der Waals surface area contributed by atoms with Crippen LogP contribution in [0.25, 0.3) is 0 Å². The Morgan fingerprint density at radius 3 is 2.72 bits per heavy atom. The quantitative estimate of drug-likeness (QED) is 0.532. The van der Waals surface area contributed by atoms with Gasteiger partial charge in [0.2, 0.25) is 0 Å². The lowest BCUT2D eigenvalue weighted by Crippen LogP contribution is -2.32. The molecule has 1 saturated heterocycles. The molecular formula is C17H24O. The Bertz CT molecular complexity index is 381. The van der Waals surface area contributed by atoms with Crippen molar-refractivity contribution < 1.29 is 4.74 Å². The molecule has 1 heterocycles. The predicted octanol–water partition coefficient (Wildman–Crippen LogP) is 3.65. The second kappa shape index (κ2) is 3.62. The van der Waals surface area contributed by atoms with Gasteiger partial charge in [-0.1, -0.05) is 12.2 Å². The van der Waals surface area contributed by atoms with Crippen LogP contribution in [0.1, 0.15) is 38.5 Å². The Morgan fingerprint density at radius 2 is 1.89 bits per heavy atom. The fourth-order valence-electron chi connectivity index (χ4n) is 6.59. The van der Waals surface area contributed by atoms with Gasteiger partial charge in [-0.2, -0.15) is 0 Å². The van der Waals surface area contributed by atoms with Crippen molar-refractivity contribution in [3.05, 3.63) is 12.2 Å². The third-order valence-electron chi connectivity index (χ3n) is 7.00. The Hall–Kier alpha value is -0.300. The largest absolute Gasteiger partial charge is 0.378 e. The maximum Gasteiger partial charge on any atom is 0.0578 e. The number of allylic oxidation sites excluding steroid dienone is 2. The van der Waals surface area contributed by atoms with Crippen molar-refractivity contribution in [2.75, 3.05) is 6.61 Å². The summed E-state index contributed by atoms with van der Waals surface area (Å²) >= 11 is 0. The van der Waals surface area contributed by atoms with Crippen LogP contribution in [0.2, 0.25) is 0 Å².